The van der Waals surface area contributed by atoms with Crippen molar-refractivity contribution in [2.75, 3.05) is 31.1 Å². The molecule has 0 unspecified atom stereocenters. The van der Waals surface area contributed by atoms with Crippen LogP contribution in [-0.2, 0) is 0 Å². The molecule has 2 heterocycles. The molecule has 8 heteroatoms. The third-order valence-corrected chi connectivity index (χ3v) is 4.59. The fraction of sp³-hybridized carbons (Fsp3) is 0.333. The van der Waals surface area contributed by atoms with E-state index in [9.17, 15) is 9.59 Å². The van der Waals surface area contributed by atoms with E-state index in [1.165, 1.54) is 18.2 Å². The van der Waals surface area contributed by atoms with Gasteiger partial charge in [-0.15, -0.1) is 0 Å². The van der Waals surface area contributed by atoms with E-state index in [0.717, 1.165) is 16.7 Å². The van der Waals surface area contributed by atoms with E-state index in [0.29, 0.717) is 36.2 Å². The molecule has 0 atom stereocenters. The Morgan fingerprint density at radius 1 is 1.17 bits per heavy atom. The maximum atomic E-state index is 11.8. The zero-order chi connectivity index (χ0) is 16.6. The predicted molar refractivity (Wildman–Crippen MR) is 89.1 cm³/mol. The quantitative estimate of drug-likeness (QED) is 0.807. The molecule has 1 aliphatic rings. The molecule has 0 radical (unpaired) electrons. The number of piperazine rings is 1. The molecule has 1 fully saturated rings. The number of rotatable bonds is 2. The van der Waals surface area contributed by atoms with E-state index in [-0.39, 0.29) is 5.78 Å². The van der Waals surface area contributed by atoms with Crippen molar-refractivity contribution in [1.29, 1.82) is 0 Å². The zero-order valence-electron chi connectivity index (χ0n) is 12.5. The third kappa shape index (κ3) is 2.98. The zero-order valence-corrected chi connectivity index (χ0v) is 14.1. The lowest BCUT2D eigenvalue weighted by Gasteiger charge is -2.34. The second kappa shape index (κ2) is 6.11. The van der Waals surface area contributed by atoms with Crippen molar-refractivity contribution in [3.05, 3.63) is 28.5 Å². The number of carboxylic acid groups (broad SMARTS) is 1. The van der Waals surface area contributed by atoms with Gasteiger partial charge >= 0.3 is 6.09 Å². The fourth-order valence-corrected chi connectivity index (χ4v) is 3.31. The number of halogens is 1. The van der Waals surface area contributed by atoms with E-state index >= 15 is 0 Å². The van der Waals surface area contributed by atoms with Gasteiger partial charge in [-0.1, -0.05) is 0 Å². The smallest absolute Gasteiger partial charge is 0.407 e. The highest BCUT2D eigenvalue weighted by atomic mass is 79.9. The molecule has 1 aromatic carbocycles. The molecule has 2 aromatic rings. The molecule has 3 rings (SSSR count). The molecule has 1 aromatic heterocycles. The lowest BCUT2D eigenvalue weighted by molar-refractivity contribution is 0.101. The van der Waals surface area contributed by atoms with Crippen molar-refractivity contribution < 1.29 is 14.7 Å². The van der Waals surface area contributed by atoms with Gasteiger partial charge in [-0.25, -0.2) is 14.8 Å². The summed E-state index contributed by atoms with van der Waals surface area (Å²) in [6.45, 7) is 3.49. The van der Waals surface area contributed by atoms with E-state index in [1.807, 2.05) is 11.0 Å². The van der Waals surface area contributed by atoms with Crippen LogP contribution in [0.1, 0.15) is 17.3 Å². The summed E-state index contributed by atoms with van der Waals surface area (Å²) in [7, 11) is 0. The van der Waals surface area contributed by atoms with Crippen molar-refractivity contribution in [3.8, 4) is 0 Å². The highest BCUT2D eigenvalue weighted by Crippen LogP contribution is 2.29. The second-order valence-corrected chi connectivity index (χ2v) is 6.21. The lowest BCUT2D eigenvalue weighted by Crippen LogP contribution is -2.48. The second-order valence-electron chi connectivity index (χ2n) is 5.36. The van der Waals surface area contributed by atoms with Crippen LogP contribution >= 0.6 is 15.9 Å². The average Bonchev–Trinajstić information content (AvgIpc) is 2.53. The minimum atomic E-state index is -0.903. The highest BCUT2D eigenvalue weighted by molar-refractivity contribution is 9.10. The summed E-state index contributed by atoms with van der Waals surface area (Å²) in [5, 5.41) is 9.83. The maximum absolute atomic E-state index is 11.8. The van der Waals surface area contributed by atoms with Gasteiger partial charge in [0.05, 0.1) is 5.52 Å². The molecular weight excluding hydrogens is 364 g/mol. The van der Waals surface area contributed by atoms with Crippen LogP contribution in [0.4, 0.5) is 10.6 Å². The van der Waals surface area contributed by atoms with E-state index in [2.05, 4.69) is 25.9 Å². The summed E-state index contributed by atoms with van der Waals surface area (Å²) in [6.07, 6.45) is 0.584. The topological polar surface area (TPSA) is 86.6 Å². The standard InChI is InChI=1S/C15H15BrN4O3/c1-9(21)10-6-11-13(7-12(10)16)17-8-18-14(11)19-2-4-20(5-3-19)15(22)23/h6-8H,2-5H2,1H3,(H,22,23). The maximum Gasteiger partial charge on any atom is 0.407 e. The van der Waals surface area contributed by atoms with Crippen LogP contribution < -0.4 is 4.90 Å². The molecule has 0 spiro atoms. The van der Waals surface area contributed by atoms with Gasteiger partial charge < -0.3 is 14.9 Å². The summed E-state index contributed by atoms with van der Waals surface area (Å²) in [5.41, 5.74) is 1.32. The van der Waals surface area contributed by atoms with Gasteiger partial charge in [-0.2, -0.15) is 0 Å². The van der Waals surface area contributed by atoms with Gasteiger partial charge in [0.2, 0.25) is 0 Å². The molecule has 1 aliphatic heterocycles. The Morgan fingerprint density at radius 3 is 2.48 bits per heavy atom. The first-order valence-corrected chi connectivity index (χ1v) is 7.94. The number of anilines is 1. The van der Waals surface area contributed by atoms with Gasteiger partial charge in [-0.05, 0) is 35.0 Å². The first-order chi connectivity index (χ1) is 11.0. The van der Waals surface area contributed by atoms with Crippen LogP contribution in [0.15, 0.2) is 22.9 Å². The Hall–Kier alpha value is -2.22. The number of fused-ring (bicyclic) bond motifs is 1. The van der Waals surface area contributed by atoms with Crippen LogP contribution in [0.5, 0.6) is 0 Å². The van der Waals surface area contributed by atoms with Gasteiger partial charge in [0.1, 0.15) is 12.1 Å². The Morgan fingerprint density at radius 2 is 1.87 bits per heavy atom. The Labute approximate surface area is 141 Å². The van der Waals surface area contributed by atoms with Crippen molar-refractivity contribution in [3.63, 3.8) is 0 Å². The number of amides is 1. The number of hydrogen-bond acceptors (Lipinski definition) is 5. The van der Waals surface area contributed by atoms with E-state index < -0.39 is 6.09 Å². The number of Topliss-reactive ketones (excluding diaryl/α,β-unsaturated/α-hetero) is 1. The highest BCUT2D eigenvalue weighted by Gasteiger charge is 2.23. The number of ketones is 1. The van der Waals surface area contributed by atoms with Crippen LogP contribution in [0, 0.1) is 0 Å². The lowest BCUT2D eigenvalue weighted by atomic mass is 10.1. The van der Waals surface area contributed by atoms with Gasteiger partial charge in [0.25, 0.3) is 0 Å². The minimum Gasteiger partial charge on any atom is -0.465 e. The fourth-order valence-electron chi connectivity index (χ4n) is 2.70. The van der Waals surface area contributed by atoms with Gasteiger partial charge in [0.15, 0.2) is 5.78 Å². The molecule has 7 nitrogen and oxygen atoms in total. The van der Waals surface area contributed by atoms with E-state index in [4.69, 9.17) is 5.11 Å². The first-order valence-electron chi connectivity index (χ1n) is 7.15. The molecule has 120 valence electrons. The normalized spacial score (nSPS) is 15.0. The number of carbonyl (C=O) groups is 2. The largest absolute Gasteiger partial charge is 0.465 e. The molecule has 1 saturated heterocycles. The molecule has 1 amide bonds. The molecule has 0 saturated carbocycles. The van der Waals surface area contributed by atoms with Crippen LogP contribution in [0.25, 0.3) is 10.9 Å². The number of benzene rings is 1. The summed E-state index contributed by atoms with van der Waals surface area (Å²) in [4.78, 5) is 34.8. The first kappa shape index (κ1) is 15.7. The van der Waals surface area contributed by atoms with E-state index in [1.54, 1.807) is 6.07 Å². The van der Waals surface area contributed by atoms with Crippen molar-refractivity contribution >= 4 is 44.5 Å². The Kier molecular flexibility index (Phi) is 4.16. The van der Waals surface area contributed by atoms with Gasteiger partial charge in [-0.3, -0.25) is 4.79 Å². The Balaban J connectivity index is 2.00. The minimum absolute atomic E-state index is 0.0377. The monoisotopic (exact) mass is 378 g/mol. The summed E-state index contributed by atoms with van der Waals surface area (Å²) in [6, 6.07) is 3.60. The van der Waals surface area contributed by atoms with Crippen LogP contribution in [0.3, 0.4) is 0 Å². The number of nitrogens with zero attached hydrogens (tertiary/aromatic N) is 4. The molecule has 23 heavy (non-hydrogen) atoms. The summed E-state index contributed by atoms with van der Waals surface area (Å²) >= 11 is 3.40. The predicted octanol–water partition coefficient (Wildman–Crippen LogP) is 2.39. The van der Waals surface area contributed by atoms with Gasteiger partial charge in [0, 0.05) is 41.6 Å². The molecule has 1 N–H and O–H groups in total. The number of carbonyl (C=O) groups excluding carboxylic acids is 1. The molecular formula is C15H15BrN4O3. The summed E-state index contributed by atoms with van der Waals surface area (Å²) < 4.78 is 0.706. The van der Waals surface area contributed by atoms with Crippen LogP contribution in [-0.4, -0.2) is 58.0 Å². The average molecular weight is 379 g/mol. The summed E-state index contributed by atoms with van der Waals surface area (Å²) in [5.74, 6) is 0.694. The van der Waals surface area contributed by atoms with Crippen molar-refractivity contribution in [1.82, 2.24) is 14.9 Å². The third-order valence-electron chi connectivity index (χ3n) is 3.93. The van der Waals surface area contributed by atoms with Crippen LogP contribution in [0.2, 0.25) is 0 Å². The van der Waals surface area contributed by atoms with Crippen molar-refractivity contribution in [2.45, 2.75) is 6.92 Å². The van der Waals surface area contributed by atoms with Crippen molar-refractivity contribution in [2.24, 2.45) is 0 Å². The number of aromatic nitrogens is 2. The molecule has 0 bridgehead atoms. The Bertz CT molecular complexity index is 788. The molecule has 0 aliphatic carbocycles. The SMILES string of the molecule is CC(=O)c1cc2c(N3CCN(C(=O)O)CC3)ncnc2cc1Br. The number of hydrogen-bond donors (Lipinski definition) is 1.